The van der Waals surface area contributed by atoms with Crippen molar-refractivity contribution in [2.75, 3.05) is 4.90 Å². The molecule has 0 bridgehead atoms. The zero-order valence-corrected chi connectivity index (χ0v) is 14.2. The first-order chi connectivity index (χ1) is 11.6. The molecular formula is C22H20N2. The lowest BCUT2D eigenvalue weighted by Gasteiger charge is -2.38. The minimum Gasteiger partial charge on any atom is -0.321 e. The number of para-hydroxylation sites is 1. The maximum atomic E-state index is 4.95. The van der Waals surface area contributed by atoms with Crippen molar-refractivity contribution in [3.8, 4) is 0 Å². The van der Waals surface area contributed by atoms with Crippen LogP contribution in [0.5, 0.6) is 0 Å². The summed E-state index contributed by atoms with van der Waals surface area (Å²) in [7, 11) is 0. The summed E-state index contributed by atoms with van der Waals surface area (Å²) in [5.41, 5.74) is 5.22. The van der Waals surface area contributed by atoms with Crippen LogP contribution >= 0.6 is 0 Å². The van der Waals surface area contributed by atoms with Gasteiger partial charge in [0.05, 0.1) is 11.7 Å². The van der Waals surface area contributed by atoms with Gasteiger partial charge in [-0.1, -0.05) is 62.4 Å². The van der Waals surface area contributed by atoms with Crippen molar-refractivity contribution >= 4 is 28.0 Å². The van der Waals surface area contributed by atoms with E-state index in [4.69, 9.17) is 4.99 Å². The number of fused-ring (bicyclic) bond motifs is 7. The maximum Gasteiger partial charge on any atom is 0.107 e. The second-order valence-corrected chi connectivity index (χ2v) is 7.39. The first-order valence-corrected chi connectivity index (χ1v) is 8.55. The van der Waals surface area contributed by atoms with E-state index in [0.717, 1.165) is 11.5 Å². The van der Waals surface area contributed by atoms with Gasteiger partial charge >= 0.3 is 0 Å². The molecule has 2 nitrogen and oxygen atoms in total. The highest BCUT2D eigenvalue weighted by atomic mass is 15.3. The molecule has 0 aromatic heterocycles. The predicted molar refractivity (Wildman–Crippen MR) is 101 cm³/mol. The summed E-state index contributed by atoms with van der Waals surface area (Å²) >= 11 is 0. The Balaban J connectivity index is 1.89. The van der Waals surface area contributed by atoms with Crippen molar-refractivity contribution in [3.05, 3.63) is 71.8 Å². The van der Waals surface area contributed by atoms with Gasteiger partial charge in [-0.2, -0.15) is 0 Å². The fourth-order valence-corrected chi connectivity index (χ4v) is 4.59. The number of aliphatic imine (C=N–C) groups is 1. The highest BCUT2D eigenvalue weighted by Crippen LogP contribution is 2.57. The lowest BCUT2D eigenvalue weighted by Crippen LogP contribution is -2.38. The third kappa shape index (κ3) is 1.58. The van der Waals surface area contributed by atoms with E-state index in [2.05, 4.69) is 86.3 Å². The van der Waals surface area contributed by atoms with Gasteiger partial charge in [-0.25, -0.2) is 4.99 Å². The quantitative estimate of drug-likeness (QED) is 0.516. The summed E-state index contributed by atoms with van der Waals surface area (Å²) in [5.74, 6) is 1.08. The van der Waals surface area contributed by atoms with Crippen molar-refractivity contribution in [2.24, 2.45) is 4.99 Å². The van der Waals surface area contributed by atoms with Crippen LogP contribution in [-0.2, 0) is 5.41 Å². The van der Waals surface area contributed by atoms with Crippen LogP contribution in [0.4, 0.5) is 11.4 Å². The van der Waals surface area contributed by atoms with Crippen molar-refractivity contribution in [1.29, 1.82) is 0 Å². The molecule has 1 atom stereocenters. The standard InChI is InChI=1S/C22H20N2/c1-14-23-18-13-12-15-8-4-5-9-16(15)20(18)21-22(2,3)17-10-6-7-11-19(17)24(14)21/h4-13,21H,1-3H3/t21-/m1/s1. The zero-order valence-electron chi connectivity index (χ0n) is 14.2. The Morgan fingerprint density at radius 1 is 0.917 bits per heavy atom. The summed E-state index contributed by atoms with van der Waals surface area (Å²) < 4.78 is 0. The van der Waals surface area contributed by atoms with Crippen LogP contribution in [-0.4, -0.2) is 5.84 Å². The highest BCUT2D eigenvalue weighted by Gasteiger charge is 2.49. The lowest BCUT2D eigenvalue weighted by molar-refractivity contribution is 0.452. The molecule has 5 rings (SSSR count). The van der Waals surface area contributed by atoms with Crippen LogP contribution < -0.4 is 4.90 Å². The van der Waals surface area contributed by atoms with Gasteiger partial charge in [0.2, 0.25) is 0 Å². The molecule has 0 aliphatic carbocycles. The first-order valence-electron chi connectivity index (χ1n) is 8.55. The number of benzene rings is 3. The van der Waals surface area contributed by atoms with Gasteiger partial charge < -0.3 is 4.90 Å². The Morgan fingerprint density at radius 2 is 1.67 bits per heavy atom. The molecule has 0 unspecified atom stereocenters. The molecule has 2 heterocycles. The zero-order chi connectivity index (χ0) is 16.5. The van der Waals surface area contributed by atoms with Gasteiger partial charge in [0.1, 0.15) is 5.84 Å². The van der Waals surface area contributed by atoms with E-state index in [-0.39, 0.29) is 11.5 Å². The Bertz CT molecular complexity index is 1010. The molecule has 2 aliphatic rings. The first kappa shape index (κ1) is 13.8. The van der Waals surface area contributed by atoms with Gasteiger partial charge in [-0.15, -0.1) is 0 Å². The van der Waals surface area contributed by atoms with E-state index in [0.29, 0.717) is 0 Å². The molecule has 0 saturated carbocycles. The monoisotopic (exact) mass is 312 g/mol. The van der Waals surface area contributed by atoms with E-state index < -0.39 is 0 Å². The molecule has 0 fully saturated rings. The molecule has 3 aromatic carbocycles. The molecule has 24 heavy (non-hydrogen) atoms. The summed E-state index contributed by atoms with van der Waals surface area (Å²) in [6.45, 7) is 6.85. The van der Waals surface area contributed by atoms with Crippen LogP contribution in [0.3, 0.4) is 0 Å². The Hall–Kier alpha value is -2.61. The van der Waals surface area contributed by atoms with Gasteiger partial charge in [0, 0.05) is 16.7 Å². The second-order valence-electron chi connectivity index (χ2n) is 7.39. The molecular weight excluding hydrogens is 292 g/mol. The summed E-state index contributed by atoms with van der Waals surface area (Å²) in [6, 6.07) is 22.1. The predicted octanol–water partition coefficient (Wildman–Crippen LogP) is 5.74. The highest BCUT2D eigenvalue weighted by molar-refractivity contribution is 6.06. The van der Waals surface area contributed by atoms with Gasteiger partial charge in [0.15, 0.2) is 0 Å². The van der Waals surface area contributed by atoms with Crippen LogP contribution in [0.15, 0.2) is 65.7 Å². The van der Waals surface area contributed by atoms with E-state index in [1.165, 1.54) is 27.6 Å². The van der Waals surface area contributed by atoms with E-state index in [1.807, 2.05) is 0 Å². The average Bonchev–Trinajstić information content (AvgIpc) is 2.84. The number of hydrogen-bond donors (Lipinski definition) is 0. The van der Waals surface area contributed by atoms with Crippen molar-refractivity contribution in [3.63, 3.8) is 0 Å². The number of hydrogen-bond acceptors (Lipinski definition) is 2. The Morgan fingerprint density at radius 3 is 2.54 bits per heavy atom. The second kappa shape index (κ2) is 4.47. The molecule has 2 heteroatoms. The molecule has 0 N–H and O–H groups in total. The molecule has 118 valence electrons. The van der Waals surface area contributed by atoms with Gasteiger partial charge in [-0.3, -0.25) is 0 Å². The fraction of sp³-hybridized carbons (Fsp3) is 0.227. The maximum absolute atomic E-state index is 4.95. The third-order valence-electron chi connectivity index (χ3n) is 5.65. The molecule has 3 aromatic rings. The summed E-state index contributed by atoms with van der Waals surface area (Å²) in [4.78, 5) is 7.38. The largest absolute Gasteiger partial charge is 0.321 e. The minimum absolute atomic E-state index is 0.0344. The van der Waals surface area contributed by atoms with Crippen LogP contribution in [0.1, 0.15) is 37.9 Å². The SMILES string of the molecule is CC1=Nc2ccc3ccccc3c2[C@H]2N1c1ccccc1C2(C)C. The number of rotatable bonds is 0. The lowest BCUT2D eigenvalue weighted by atomic mass is 9.75. The van der Waals surface area contributed by atoms with E-state index in [1.54, 1.807) is 0 Å². The van der Waals surface area contributed by atoms with Gasteiger partial charge in [-0.05, 0) is 35.4 Å². The molecule has 0 saturated heterocycles. The molecule has 2 aliphatic heterocycles. The number of anilines is 1. The van der Waals surface area contributed by atoms with Crippen LogP contribution in [0, 0.1) is 0 Å². The smallest absolute Gasteiger partial charge is 0.107 e. The molecule has 0 radical (unpaired) electrons. The molecule has 0 spiro atoms. The average molecular weight is 312 g/mol. The van der Waals surface area contributed by atoms with E-state index in [9.17, 15) is 0 Å². The fourth-order valence-electron chi connectivity index (χ4n) is 4.59. The van der Waals surface area contributed by atoms with E-state index >= 15 is 0 Å². The Labute approximate surface area is 142 Å². The summed E-state index contributed by atoms with van der Waals surface area (Å²) in [5, 5.41) is 2.61. The number of amidine groups is 1. The topological polar surface area (TPSA) is 15.6 Å². The number of nitrogens with zero attached hydrogens (tertiary/aromatic N) is 2. The summed E-state index contributed by atoms with van der Waals surface area (Å²) in [6.07, 6.45) is 0. The molecule has 0 amide bonds. The van der Waals surface area contributed by atoms with Crippen LogP contribution in [0.25, 0.3) is 10.8 Å². The minimum atomic E-state index is 0.0344. The van der Waals surface area contributed by atoms with Crippen molar-refractivity contribution in [1.82, 2.24) is 0 Å². The van der Waals surface area contributed by atoms with Crippen molar-refractivity contribution in [2.45, 2.75) is 32.2 Å². The van der Waals surface area contributed by atoms with Gasteiger partial charge in [0.25, 0.3) is 0 Å². The normalized spacial score (nSPS) is 20.4. The Kier molecular flexibility index (Phi) is 2.57. The third-order valence-corrected chi connectivity index (χ3v) is 5.65. The van der Waals surface area contributed by atoms with Crippen molar-refractivity contribution < 1.29 is 0 Å². The van der Waals surface area contributed by atoms with Crippen LogP contribution in [0.2, 0.25) is 0 Å².